The Balaban J connectivity index is 1.56. The van der Waals surface area contributed by atoms with E-state index in [9.17, 15) is 9.18 Å². The highest BCUT2D eigenvalue weighted by Gasteiger charge is 2.25. The van der Waals surface area contributed by atoms with Gasteiger partial charge in [0.2, 0.25) is 17.6 Å². The number of halogens is 1. The molecule has 1 aliphatic heterocycles. The SMILES string of the molecule is Cc1nc(-c2ccc3c(c2)CCN3C(=O)Cc2cccc(F)c2)no1. The molecule has 0 fully saturated rings. The van der Waals surface area contributed by atoms with Crippen molar-refractivity contribution in [1.82, 2.24) is 10.1 Å². The van der Waals surface area contributed by atoms with Crippen LogP contribution in [0.25, 0.3) is 11.4 Å². The van der Waals surface area contributed by atoms with Crippen molar-refractivity contribution in [3.05, 3.63) is 65.3 Å². The molecule has 4 rings (SSSR count). The van der Waals surface area contributed by atoms with Crippen LogP contribution in [-0.2, 0) is 17.6 Å². The normalized spacial score (nSPS) is 13.1. The van der Waals surface area contributed by atoms with Gasteiger partial charge in [0.25, 0.3) is 0 Å². The molecule has 2 heterocycles. The van der Waals surface area contributed by atoms with E-state index in [-0.39, 0.29) is 18.1 Å². The maximum absolute atomic E-state index is 13.3. The zero-order valence-corrected chi connectivity index (χ0v) is 13.7. The van der Waals surface area contributed by atoms with Crippen molar-refractivity contribution in [2.24, 2.45) is 0 Å². The Bertz CT molecular complexity index is 951. The third-order valence-corrected chi connectivity index (χ3v) is 4.31. The first-order valence-electron chi connectivity index (χ1n) is 8.08. The number of benzene rings is 2. The molecule has 25 heavy (non-hydrogen) atoms. The summed E-state index contributed by atoms with van der Waals surface area (Å²) in [5.74, 6) is 0.701. The number of carbonyl (C=O) groups excluding carboxylic acids is 1. The van der Waals surface area contributed by atoms with Crippen LogP contribution in [0.15, 0.2) is 47.0 Å². The van der Waals surface area contributed by atoms with Crippen molar-refractivity contribution in [2.45, 2.75) is 19.8 Å². The average molecular weight is 337 g/mol. The van der Waals surface area contributed by atoms with Crippen LogP contribution in [0, 0.1) is 12.7 Å². The van der Waals surface area contributed by atoms with Crippen LogP contribution >= 0.6 is 0 Å². The molecular formula is C19H16FN3O2. The molecule has 0 radical (unpaired) electrons. The summed E-state index contributed by atoms with van der Waals surface area (Å²) in [6, 6.07) is 11.9. The lowest BCUT2D eigenvalue weighted by Crippen LogP contribution is -2.30. The average Bonchev–Trinajstić information content (AvgIpc) is 3.20. The summed E-state index contributed by atoms with van der Waals surface area (Å²) in [6.45, 7) is 2.37. The summed E-state index contributed by atoms with van der Waals surface area (Å²) >= 11 is 0. The molecule has 0 aliphatic carbocycles. The summed E-state index contributed by atoms with van der Waals surface area (Å²) in [5.41, 5.74) is 3.52. The molecule has 3 aromatic rings. The Hall–Kier alpha value is -3.02. The highest BCUT2D eigenvalue weighted by Crippen LogP contribution is 2.32. The fraction of sp³-hybridized carbons (Fsp3) is 0.211. The molecule has 0 unspecified atom stereocenters. The van der Waals surface area contributed by atoms with E-state index in [0.717, 1.165) is 23.2 Å². The van der Waals surface area contributed by atoms with Gasteiger partial charge in [-0.15, -0.1) is 0 Å². The molecule has 0 bridgehead atoms. The number of nitrogens with zero attached hydrogens (tertiary/aromatic N) is 3. The molecule has 0 spiro atoms. The number of aromatic nitrogens is 2. The number of aryl methyl sites for hydroxylation is 1. The number of hydrogen-bond donors (Lipinski definition) is 0. The molecule has 1 aromatic heterocycles. The topological polar surface area (TPSA) is 59.2 Å². The number of rotatable bonds is 3. The zero-order valence-electron chi connectivity index (χ0n) is 13.7. The first-order chi connectivity index (χ1) is 12.1. The van der Waals surface area contributed by atoms with E-state index in [1.165, 1.54) is 12.1 Å². The van der Waals surface area contributed by atoms with Crippen LogP contribution in [0.1, 0.15) is 17.0 Å². The lowest BCUT2D eigenvalue weighted by atomic mass is 10.1. The van der Waals surface area contributed by atoms with Crippen LogP contribution in [0.5, 0.6) is 0 Å². The molecule has 0 saturated carbocycles. The van der Waals surface area contributed by atoms with E-state index in [2.05, 4.69) is 10.1 Å². The van der Waals surface area contributed by atoms with Gasteiger partial charge in [0, 0.05) is 24.7 Å². The summed E-state index contributed by atoms with van der Waals surface area (Å²) < 4.78 is 18.3. The van der Waals surface area contributed by atoms with E-state index in [0.29, 0.717) is 23.8 Å². The maximum atomic E-state index is 13.3. The van der Waals surface area contributed by atoms with Crippen molar-refractivity contribution in [1.29, 1.82) is 0 Å². The van der Waals surface area contributed by atoms with Gasteiger partial charge in [0.1, 0.15) is 5.82 Å². The lowest BCUT2D eigenvalue weighted by molar-refractivity contribution is -0.117. The minimum Gasteiger partial charge on any atom is -0.339 e. The second kappa shape index (κ2) is 6.12. The minimum atomic E-state index is -0.327. The molecular weight excluding hydrogens is 321 g/mol. The van der Waals surface area contributed by atoms with Crippen LogP contribution < -0.4 is 4.90 Å². The maximum Gasteiger partial charge on any atom is 0.231 e. The smallest absolute Gasteiger partial charge is 0.231 e. The van der Waals surface area contributed by atoms with Gasteiger partial charge in [-0.25, -0.2) is 4.39 Å². The first kappa shape index (κ1) is 15.5. The molecule has 1 aliphatic rings. The molecule has 5 nitrogen and oxygen atoms in total. The van der Waals surface area contributed by atoms with E-state index >= 15 is 0 Å². The zero-order chi connectivity index (χ0) is 17.4. The number of anilines is 1. The minimum absolute atomic E-state index is 0.0347. The van der Waals surface area contributed by atoms with Gasteiger partial charge in [-0.2, -0.15) is 4.98 Å². The fourth-order valence-electron chi connectivity index (χ4n) is 3.13. The number of amides is 1. The quantitative estimate of drug-likeness (QED) is 0.736. The highest BCUT2D eigenvalue weighted by molar-refractivity contribution is 5.97. The van der Waals surface area contributed by atoms with Crippen LogP contribution in [0.2, 0.25) is 0 Å². The third-order valence-electron chi connectivity index (χ3n) is 4.31. The van der Waals surface area contributed by atoms with Gasteiger partial charge >= 0.3 is 0 Å². The summed E-state index contributed by atoms with van der Waals surface area (Å²) in [7, 11) is 0. The van der Waals surface area contributed by atoms with Gasteiger partial charge in [0.15, 0.2) is 0 Å². The Morgan fingerprint density at radius 1 is 1.28 bits per heavy atom. The molecule has 126 valence electrons. The molecule has 0 atom stereocenters. The van der Waals surface area contributed by atoms with E-state index in [1.807, 2.05) is 18.2 Å². The number of fused-ring (bicyclic) bond motifs is 1. The monoisotopic (exact) mass is 337 g/mol. The van der Waals surface area contributed by atoms with Gasteiger partial charge < -0.3 is 9.42 Å². The largest absolute Gasteiger partial charge is 0.339 e. The first-order valence-corrected chi connectivity index (χ1v) is 8.08. The number of hydrogen-bond acceptors (Lipinski definition) is 4. The Morgan fingerprint density at radius 2 is 2.16 bits per heavy atom. The third kappa shape index (κ3) is 3.03. The highest BCUT2D eigenvalue weighted by atomic mass is 19.1. The van der Waals surface area contributed by atoms with Gasteiger partial charge in [-0.05, 0) is 47.9 Å². The van der Waals surface area contributed by atoms with E-state index in [4.69, 9.17) is 4.52 Å². The summed E-state index contributed by atoms with van der Waals surface area (Å²) in [6.07, 6.45) is 0.956. The summed E-state index contributed by atoms with van der Waals surface area (Å²) in [5, 5.41) is 3.93. The van der Waals surface area contributed by atoms with Crippen LogP contribution in [-0.4, -0.2) is 22.6 Å². The van der Waals surface area contributed by atoms with E-state index in [1.54, 1.807) is 24.0 Å². The van der Waals surface area contributed by atoms with Crippen molar-refractivity contribution in [2.75, 3.05) is 11.4 Å². The molecule has 2 aromatic carbocycles. The lowest BCUT2D eigenvalue weighted by Gasteiger charge is -2.17. The molecule has 0 saturated heterocycles. The predicted molar refractivity (Wildman–Crippen MR) is 90.6 cm³/mol. The Morgan fingerprint density at radius 3 is 2.92 bits per heavy atom. The number of carbonyl (C=O) groups is 1. The predicted octanol–water partition coefficient (Wildman–Crippen LogP) is 3.32. The van der Waals surface area contributed by atoms with Crippen molar-refractivity contribution < 1.29 is 13.7 Å². The second-order valence-electron chi connectivity index (χ2n) is 6.08. The van der Waals surface area contributed by atoms with Crippen molar-refractivity contribution >= 4 is 11.6 Å². The van der Waals surface area contributed by atoms with Crippen LogP contribution in [0.4, 0.5) is 10.1 Å². The molecule has 0 N–H and O–H groups in total. The summed E-state index contributed by atoms with van der Waals surface area (Å²) in [4.78, 5) is 18.6. The van der Waals surface area contributed by atoms with Gasteiger partial charge in [-0.3, -0.25) is 4.79 Å². The molecule has 1 amide bonds. The molecule has 6 heteroatoms. The Kier molecular flexibility index (Phi) is 3.80. The Labute approximate surface area is 144 Å². The van der Waals surface area contributed by atoms with Crippen molar-refractivity contribution in [3.8, 4) is 11.4 Å². The van der Waals surface area contributed by atoms with E-state index < -0.39 is 0 Å². The van der Waals surface area contributed by atoms with Crippen molar-refractivity contribution in [3.63, 3.8) is 0 Å². The van der Waals surface area contributed by atoms with Gasteiger partial charge in [-0.1, -0.05) is 17.3 Å². The second-order valence-corrected chi connectivity index (χ2v) is 6.08. The van der Waals surface area contributed by atoms with Crippen LogP contribution in [0.3, 0.4) is 0 Å². The van der Waals surface area contributed by atoms with Gasteiger partial charge in [0.05, 0.1) is 6.42 Å². The fourth-order valence-corrected chi connectivity index (χ4v) is 3.13. The standard InChI is InChI=1S/C19H16FN3O2/c1-12-21-19(22-25-12)15-5-6-17-14(11-15)7-8-23(17)18(24)10-13-3-2-4-16(20)9-13/h2-6,9,11H,7-8,10H2,1H3.